The summed E-state index contributed by atoms with van der Waals surface area (Å²) in [5.74, 6) is 2.51. The van der Waals surface area contributed by atoms with Gasteiger partial charge in [-0.3, -0.25) is 0 Å². The molecule has 0 aliphatic rings. The minimum atomic E-state index is 0.480. The SMILES string of the molecule is COc1cc2nc(-c3ccc(N)nc3)[nH]c2cc1OC. The van der Waals surface area contributed by atoms with E-state index >= 15 is 0 Å². The third kappa shape index (κ3) is 2.01. The van der Waals surface area contributed by atoms with Crippen LogP contribution < -0.4 is 15.2 Å². The van der Waals surface area contributed by atoms with Crippen molar-refractivity contribution in [2.24, 2.45) is 0 Å². The van der Waals surface area contributed by atoms with Gasteiger partial charge in [0.05, 0.1) is 25.3 Å². The molecule has 0 fully saturated rings. The number of ether oxygens (including phenoxy) is 2. The van der Waals surface area contributed by atoms with Gasteiger partial charge in [-0.25, -0.2) is 9.97 Å². The molecule has 3 rings (SSSR count). The van der Waals surface area contributed by atoms with Crippen LogP contribution in [0.2, 0.25) is 0 Å². The van der Waals surface area contributed by atoms with Gasteiger partial charge < -0.3 is 20.2 Å². The van der Waals surface area contributed by atoms with Crippen LogP contribution in [0, 0.1) is 0 Å². The van der Waals surface area contributed by atoms with Crippen LogP contribution >= 0.6 is 0 Å². The van der Waals surface area contributed by atoms with Gasteiger partial charge in [0.1, 0.15) is 11.6 Å². The second-order valence-electron chi connectivity index (χ2n) is 4.28. The topological polar surface area (TPSA) is 86.0 Å². The lowest BCUT2D eigenvalue weighted by Gasteiger charge is -2.06. The molecule has 102 valence electrons. The maximum atomic E-state index is 5.58. The fourth-order valence-electron chi connectivity index (χ4n) is 2.02. The van der Waals surface area contributed by atoms with Crippen molar-refractivity contribution in [1.29, 1.82) is 0 Å². The molecule has 6 heteroatoms. The van der Waals surface area contributed by atoms with Gasteiger partial charge in [-0.2, -0.15) is 0 Å². The van der Waals surface area contributed by atoms with Crippen LogP contribution in [-0.4, -0.2) is 29.2 Å². The number of fused-ring (bicyclic) bond motifs is 1. The third-order valence-electron chi connectivity index (χ3n) is 3.05. The summed E-state index contributed by atoms with van der Waals surface area (Å²) < 4.78 is 10.5. The molecule has 1 aromatic carbocycles. The summed E-state index contributed by atoms with van der Waals surface area (Å²) in [6, 6.07) is 7.30. The van der Waals surface area contributed by atoms with E-state index in [0.29, 0.717) is 17.3 Å². The van der Waals surface area contributed by atoms with E-state index in [1.54, 1.807) is 26.5 Å². The molecular weight excluding hydrogens is 256 g/mol. The molecule has 0 saturated carbocycles. The van der Waals surface area contributed by atoms with E-state index in [0.717, 1.165) is 22.4 Å². The fraction of sp³-hybridized carbons (Fsp3) is 0.143. The molecule has 0 amide bonds. The minimum Gasteiger partial charge on any atom is -0.493 e. The zero-order chi connectivity index (χ0) is 14.1. The van der Waals surface area contributed by atoms with Gasteiger partial charge in [0.25, 0.3) is 0 Å². The van der Waals surface area contributed by atoms with Crippen molar-refractivity contribution in [2.75, 3.05) is 20.0 Å². The highest BCUT2D eigenvalue weighted by Crippen LogP contribution is 2.32. The van der Waals surface area contributed by atoms with Crippen molar-refractivity contribution >= 4 is 16.9 Å². The van der Waals surface area contributed by atoms with Crippen LogP contribution in [0.15, 0.2) is 30.5 Å². The Balaban J connectivity index is 2.12. The van der Waals surface area contributed by atoms with Crippen molar-refractivity contribution in [3.05, 3.63) is 30.5 Å². The molecular formula is C14H14N4O2. The van der Waals surface area contributed by atoms with Crippen molar-refractivity contribution in [2.45, 2.75) is 0 Å². The van der Waals surface area contributed by atoms with Crippen LogP contribution in [0.5, 0.6) is 11.5 Å². The molecule has 0 spiro atoms. The molecule has 6 nitrogen and oxygen atoms in total. The molecule has 2 heterocycles. The second kappa shape index (κ2) is 4.73. The number of H-pyrrole nitrogens is 1. The van der Waals surface area contributed by atoms with Gasteiger partial charge >= 0.3 is 0 Å². The Morgan fingerprint density at radius 2 is 1.85 bits per heavy atom. The van der Waals surface area contributed by atoms with Crippen molar-refractivity contribution in [3.8, 4) is 22.9 Å². The number of aromatic nitrogens is 3. The number of methoxy groups -OCH3 is 2. The Kier molecular flexibility index (Phi) is 2.90. The Bertz CT molecular complexity index is 709. The van der Waals surface area contributed by atoms with Crippen LogP contribution in [-0.2, 0) is 0 Å². The first-order chi connectivity index (χ1) is 9.71. The maximum absolute atomic E-state index is 5.58. The van der Waals surface area contributed by atoms with Crippen molar-refractivity contribution in [1.82, 2.24) is 15.0 Å². The average molecular weight is 270 g/mol. The molecule has 2 aromatic heterocycles. The largest absolute Gasteiger partial charge is 0.493 e. The first kappa shape index (κ1) is 12.3. The number of anilines is 1. The van der Waals surface area contributed by atoms with Crippen LogP contribution in [0.1, 0.15) is 0 Å². The quantitative estimate of drug-likeness (QED) is 0.762. The highest BCUT2D eigenvalue weighted by molar-refractivity contribution is 5.83. The number of pyridine rings is 1. The number of nitrogens with one attached hydrogen (secondary N) is 1. The summed E-state index contributed by atoms with van der Waals surface area (Å²) in [5, 5.41) is 0. The highest BCUT2D eigenvalue weighted by atomic mass is 16.5. The number of nitrogens with zero attached hydrogens (tertiary/aromatic N) is 2. The lowest BCUT2D eigenvalue weighted by Crippen LogP contribution is -1.89. The van der Waals surface area contributed by atoms with Crippen LogP contribution in [0.3, 0.4) is 0 Å². The molecule has 0 atom stereocenters. The number of rotatable bonds is 3. The van der Waals surface area contributed by atoms with Gasteiger partial charge in [0.2, 0.25) is 0 Å². The van der Waals surface area contributed by atoms with Gasteiger partial charge in [-0.1, -0.05) is 0 Å². The zero-order valence-electron chi connectivity index (χ0n) is 11.2. The Morgan fingerprint density at radius 1 is 1.10 bits per heavy atom. The normalized spacial score (nSPS) is 10.7. The minimum absolute atomic E-state index is 0.480. The van der Waals surface area contributed by atoms with E-state index in [9.17, 15) is 0 Å². The smallest absolute Gasteiger partial charge is 0.163 e. The molecule has 0 unspecified atom stereocenters. The number of hydrogen-bond acceptors (Lipinski definition) is 5. The zero-order valence-corrected chi connectivity index (χ0v) is 11.2. The summed E-state index contributed by atoms with van der Waals surface area (Å²) in [6.45, 7) is 0. The summed E-state index contributed by atoms with van der Waals surface area (Å²) in [7, 11) is 3.20. The van der Waals surface area contributed by atoms with E-state index in [2.05, 4.69) is 15.0 Å². The molecule has 20 heavy (non-hydrogen) atoms. The number of nitrogens with two attached hydrogens (primary N) is 1. The molecule has 0 aliphatic carbocycles. The van der Waals surface area contributed by atoms with Gasteiger partial charge in [0.15, 0.2) is 11.5 Å². The molecule has 3 N–H and O–H groups in total. The van der Waals surface area contributed by atoms with E-state index < -0.39 is 0 Å². The Hall–Kier alpha value is -2.76. The number of imidazole rings is 1. The molecule has 0 bridgehead atoms. The highest BCUT2D eigenvalue weighted by Gasteiger charge is 2.11. The average Bonchev–Trinajstić information content (AvgIpc) is 2.89. The summed E-state index contributed by atoms with van der Waals surface area (Å²) in [5.41, 5.74) is 8.12. The van der Waals surface area contributed by atoms with E-state index in [-0.39, 0.29) is 0 Å². The fourth-order valence-corrected chi connectivity index (χ4v) is 2.02. The predicted octanol–water partition coefficient (Wildman–Crippen LogP) is 2.22. The van der Waals surface area contributed by atoms with Crippen LogP contribution in [0.25, 0.3) is 22.4 Å². The molecule has 0 radical (unpaired) electrons. The number of aromatic amines is 1. The predicted molar refractivity (Wildman–Crippen MR) is 76.8 cm³/mol. The van der Waals surface area contributed by atoms with Gasteiger partial charge in [-0.15, -0.1) is 0 Å². The number of benzene rings is 1. The van der Waals surface area contributed by atoms with Crippen molar-refractivity contribution < 1.29 is 9.47 Å². The molecule has 3 aromatic rings. The van der Waals surface area contributed by atoms with Crippen molar-refractivity contribution in [3.63, 3.8) is 0 Å². The van der Waals surface area contributed by atoms with Gasteiger partial charge in [-0.05, 0) is 12.1 Å². The summed E-state index contributed by atoms with van der Waals surface area (Å²) in [6.07, 6.45) is 1.68. The lowest BCUT2D eigenvalue weighted by atomic mass is 10.3. The van der Waals surface area contributed by atoms with Crippen LogP contribution in [0.4, 0.5) is 5.82 Å². The maximum Gasteiger partial charge on any atom is 0.163 e. The Labute approximate surface area is 115 Å². The summed E-state index contributed by atoms with van der Waals surface area (Å²) in [4.78, 5) is 11.8. The molecule has 0 aliphatic heterocycles. The number of nitrogen functional groups attached to an aromatic ring is 1. The molecule has 0 saturated heterocycles. The monoisotopic (exact) mass is 270 g/mol. The lowest BCUT2D eigenvalue weighted by molar-refractivity contribution is 0.356. The van der Waals surface area contributed by atoms with E-state index in [1.165, 1.54) is 0 Å². The van der Waals surface area contributed by atoms with E-state index in [1.807, 2.05) is 18.2 Å². The first-order valence-electron chi connectivity index (χ1n) is 6.05. The first-order valence-corrected chi connectivity index (χ1v) is 6.05. The Morgan fingerprint density at radius 3 is 2.50 bits per heavy atom. The standard InChI is InChI=1S/C14H14N4O2/c1-19-11-5-9-10(6-12(11)20-2)18-14(17-9)8-3-4-13(15)16-7-8/h3-7H,1-2H3,(H2,15,16)(H,17,18). The van der Waals surface area contributed by atoms with Gasteiger partial charge in [0, 0.05) is 23.9 Å². The van der Waals surface area contributed by atoms with E-state index in [4.69, 9.17) is 15.2 Å². The second-order valence-corrected chi connectivity index (χ2v) is 4.28. The third-order valence-corrected chi connectivity index (χ3v) is 3.05. The number of hydrogen-bond donors (Lipinski definition) is 2. The summed E-state index contributed by atoms with van der Waals surface area (Å²) >= 11 is 0.